The first kappa shape index (κ1) is 22.5. The second kappa shape index (κ2) is 9.05. The van der Waals surface area contributed by atoms with Crippen LogP contribution >= 0.6 is 11.8 Å². The zero-order valence-electron chi connectivity index (χ0n) is 17.6. The molecule has 2 atom stereocenters. The van der Waals surface area contributed by atoms with Gasteiger partial charge in [0.15, 0.2) is 5.60 Å². The molecule has 168 valence electrons. The van der Waals surface area contributed by atoms with Gasteiger partial charge in [0.05, 0.1) is 10.2 Å². The summed E-state index contributed by atoms with van der Waals surface area (Å²) in [4.78, 5) is 36.9. The highest BCUT2D eigenvalue weighted by Gasteiger charge is 2.45. The fraction of sp³-hybridized carbons (Fsp3) is 0.167. The maximum Gasteiger partial charge on any atom is 0.279 e. The predicted molar refractivity (Wildman–Crippen MR) is 124 cm³/mol. The number of carbonyl (C=O) groups is 2. The van der Waals surface area contributed by atoms with E-state index in [4.69, 9.17) is 0 Å². The largest absolute Gasteiger partial charge is 0.372 e. The van der Waals surface area contributed by atoms with Gasteiger partial charge in [-0.2, -0.15) is 0 Å². The molecule has 1 aliphatic rings. The van der Waals surface area contributed by atoms with Gasteiger partial charge in [-0.3, -0.25) is 25.1 Å². The Labute approximate surface area is 194 Å². The number of rotatable bonds is 6. The number of benzene rings is 3. The summed E-state index contributed by atoms with van der Waals surface area (Å²) in [7, 11) is 0. The molecule has 0 bridgehead atoms. The smallest absolute Gasteiger partial charge is 0.279 e. The lowest BCUT2D eigenvalue weighted by Crippen LogP contribution is -2.53. The summed E-state index contributed by atoms with van der Waals surface area (Å²) in [5.74, 6) is -1.12. The van der Waals surface area contributed by atoms with Gasteiger partial charge >= 0.3 is 0 Å². The van der Waals surface area contributed by atoms with Gasteiger partial charge < -0.3 is 5.11 Å². The summed E-state index contributed by atoms with van der Waals surface area (Å²) in [6, 6.07) is 22.8. The van der Waals surface area contributed by atoms with E-state index in [2.05, 4.69) is 5.43 Å². The molecule has 1 saturated heterocycles. The highest BCUT2D eigenvalue weighted by Crippen LogP contribution is 2.42. The molecule has 2 N–H and O–H groups in total. The quantitative estimate of drug-likeness (QED) is 0.427. The van der Waals surface area contributed by atoms with Gasteiger partial charge in [-0.1, -0.05) is 60.7 Å². The molecule has 2 amide bonds. The Morgan fingerprint density at radius 3 is 2.00 bits per heavy atom. The number of nitrogens with one attached hydrogen (secondary N) is 1. The van der Waals surface area contributed by atoms with Crippen LogP contribution in [0.2, 0.25) is 0 Å². The van der Waals surface area contributed by atoms with Crippen molar-refractivity contribution in [2.75, 3.05) is 0 Å². The van der Waals surface area contributed by atoms with Crippen LogP contribution in [-0.2, 0) is 15.2 Å². The molecule has 4 rings (SSSR count). The minimum absolute atomic E-state index is 0.0702. The van der Waals surface area contributed by atoms with Crippen LogP contribution in [0.4, 0.5) is 5.69 Å². The Morgan fingerprint density at radius 2 is 1.52 bits per heavy atom. The van der Waals surface area contributed by atoms with Crippen molar-refractivity contribution < 1.29 is 19.6 Å². The van der Waals surface area contributed by atoms with Gasteiger partial charge in [0.2, 0.25) is 0 Å². The van der Waals surface area contributed by atoms with Crippen molar-refractivity contribution >= 4 is 29.3 Å². The van der Waals surface area contributed by atoms with E-state index < -0.39 is 27.1 Å². The van der Waals surface area contributed by atoms with Crippen molar-refractivity contribution in [2.24, 2.45) is 0 Å². The van der Waals surface area contributed by atoms with Crippen LogP contribution in [0.1, 0.15) is 29.0 Å². The summed E-state index contributed by atoms with van der Waals surface area (Å²) in [6.45, 7) is 1.72. The standard InChI is InChI=1S/C24H21N3O5S/c1-16-21(28)26(22(33-16)17-12-14-20(15-13-17)27(31)32)25-23(29)24(30,18-8-4-2-5-9-18)19-10-6-3-7-11-19/h2-16,22,30H,1H3,(H,25,29). The van der Waals surface area contributed by atoms with Gasteiger partial charge in [0.25, 0.3) is 17.5 Å². The number of thioether (sulfide) groups is 1. The van der Waals surface area contributed by atoms with Gasteiger partial charge in [-0.05, 0) is 35.7 Å². The van der Waals surface area contributed by atoms with E-state index in [1.165, 1.54) is 28.9 Å². The molecule has 3 aromatic rings. The highest BCUT2D eigenvalue weighted by atomic mass is 32.2. The predicted octanol–water partition coefficient (Wildman–Crippen LogP) is 3.52. The number of nitrogens with zero attached hydrogens (tertiary/aromatic N) is 2. The third-order valence-corrected chi connectivity index (χ3v) is 6.83. The molecule has 2 unspecified atom stereocenters. The maximum absolute atomic E-state index is 13.5. The molecule has 3 aromatic carbocycles. The number of nitro benzene ring substituents is 1. The van der Waals surface area contributed by atoms with Crippen LogP contribution in [0.15, 0.2) is 84.9 Å². The van der Waals surface area contributed by atoms with Crippen LogP contribution in [0.3, 0.4) is 0 Å². The molecule has 33 heavy (non-hydrogen) atoms. The number of hydrogen-bond acceptors (Lipinski definition) is 6. The summed E-state index contributed by atoms with van der Waals surface area (Å²) in [5.41, 5.74) is 1.84. The number of amides is 2. The average Bonchev–Trinajstić information content (AvgIpc) is 3.13. The first-order valence-electron chi connectivity index (χ1n) is 10.2. The number of carbonyl (C=O) groups excluding carboxylic acids is 2. The minimum atomic E-state index is -2.04. The minimum Gasteiger partial charge on any atom is -0.372 e. The second-order valence-corrected chi connectivity index (χ2v) is 9.00. The number of hydrogen-bond donors (Lipinski definition) is 2. The fourth-order valence-electron chi connectivity index (χ4n) is 3.70. The highest BCUT2D eigenvalue weighted by molar-refractivity contribution is 8.01. The first-order valence-corrected chi connectivity index (χ1v) is 11.1. The van der Waals surface area contributed by atoms with Crippen molar-refractivity contribution in [3.05, 3.63) is 112 Å². The van der Waals surface area contributed by atoms with E-state index in [9.17, 15) is 24.8 Å². The van der Waals surface area contributed by atoms with Crippen LogP contribution in [-0.4, -0.2) is 32.1 Å². The third kappa shape index (κ3) is 4.20. The number of aliphatic hydroxyl groups is 1. The molecular weight excluding hydrogens is 442 g/mol. The fourth-order valence-corrected chi connectivity index (χ4v) is 4.91. The normalized spacial score (nSPS) is 18.2. The Morgan fingerprint density at radius 1 is 1.00 bits per heavy atom. The molecule has 0 aromatic heterocycles. The SMILES string of the molecule is CC1SC(c2ccc([N+](=O)[O-])cc2)N(NC(=O)C(O)(c2ccccc2)c2ccccc2)C1=O. The zero-order valence-corrected chi connectivity index (χ0v) is 18.4. The lowest BCUT2D eigenvalue weighted by atomic mass is 9.85. The first-order chi connectivity index (χ1) is 15.8. The van der Waals surface area contributed by atoms with Gasteiger partial charge in [-0.15, -0.1) is 11.8 Å². The van der Waals surface area contributed by atoms with Crippen molar-refractivity contribution in [3.63, 3.8) is 0 Å². The summed E-state index contributed by atoms with van der Waals surface area (Å²) >= 11 is 1.30. The van der Waals surface area contributed by atoms with Crippen LogP contribution in [0, 0.1) is 10.1 Å². The average molecular weight is 464 g/mol. The molecule has 0 saturated carbocycles. The van der Waals surface area contributed by atoms with E-state index >= 15 is 0 Å². The van der Waals surface area contributed by atoms with Crippen molar-refractivity contribution in [2.45, 2.75) is 23.1 Å². The van der Waals surface area contributed by atoms with E-state index in [0.717, 1.165) is 0 Å². The number of hydrazine groups is 1. The summed E-state index contributed by atoms with van der Waals surface area (Å²) < 4.78 is 0. The number of non-ortho nitro benzene ring substituents is 1. The van der Waals surface area contributed by atoms with E-state index in [1.54, 1.807) is 79.7 Å². The molecule has 1 aliphatic heterocycles. The van der Waals surface area contributed by atoms with Crippen LogP contribution < -0.4 is 5.43 Å². The molecule has 0 spiro atoms. The summed E-state index contributed by atoms with van der Waals surface area (Å²) in [6.07, 6.45) is 0. The molecular formula is C24H21N3O5S. The van der Waals surface area contributed by atoms with Crippen LogP contribution in [0.5, 0.6) is 0 Å². The van der Waals surface area contributed by atoms with E-state index in [-0.39, 0.29) is 11.6 Å². The molecule has 9 heteroatoms. The summed E-state index contributed by atoms with van der Waals surface area (Å²) in [5, 5.41) is 22.8. The molecule has 1 fully saturated rings. The molecule has 1 heterocycles. The Bertz CT molecular complexity index is 1130. The van der Waals surface area contributed by atoms with Crippen molar-refractivity contribution in [1.29, 1.82) is 0 Å². The van der Waals surface area contributed by atoms with Crippen molar-refractivity contribution in [1.82, 2.24) is 10.4 Å². The Kier molecular flexibility index (Phi) is 6.17. The maximum atomic E-state index is 13.5. The zero-order chi connectivity index (χ0) is 23.6. The topological polar surface area (TPSA) is 113 Å². The molecule has 0 aliphatic carbocycles. The lowest BCUT2D eigenvalue weighted by molar-refractivity contribution is -0.384. The molecule has 0 radical (unpaired) electrons. The van der Waals surface area contributed by atoms with E-state index in [0.29, 0.717) is 16.7 Å². The van der Waals surface area contributed by atoms with Crippen molar-refractivity contribution in [3.8, 4) is 0 Å². The lowest BCUT2D eigenvalue weighted by Gasteiger charge is -2.32. The van der Waals surface area contributed by atoms with Gasteiger partial charge in [0, 0.05) is 12.1 Å². The monoisotopic (exact) mass is 463 g/mol. The second-order valence-electron chi connectivity index (χ2n) is 7.57. The Balaban J connectivity index is 1.69. The number of nitro groups is 1. The van der Waals surface area contributed by atoms with Gasteiger partial charge in [0.1, 0.15) is 5.37 Å². The van der Waals surface area contributed by atoms with Crippen LogP contribution in [0.25, 0.3) is 0 Å². The third-order valence-electron chi connectivity index (χ3n) is 5.48. The van der Waals surface area contributed by atoms with Gasteiger partial charge in [-0.25, -0.2) is 5.01 Å². The molecule has 8 nitrogen and oxygen atoms in total. The Hall–Kier alpha value is -3.69. The van der Waals surface area contributed by atoms with E-state index in [1.807, 2.05) is 0 Å².